The largest absolute Gasteiger partial charge is 0.370 e. The molecule has 0 bridgehead atoms. The summed E-state index contributed by atoms with van der Waals surface area (Å²) in [5.74, 6) is 0.549. The Morgan fingerprint density at radius 3 is 2.74 bits per heavy atom. The maximum atomic E-state index is 11.2. The number of sulfonamides is 1. The molecule has 1 fully saturated rings. The molecule has 0 aliphatic carbocycles. The number of nitrogens with one attached hydrogen (secondary N) is 1. The second kappa shape index (κ2) is 6.31. The zero-order valence-corrected chi connectivity index (χ0v) is 11.7. The van der Waals surface area contributed by atoms with E-state index in [0.29, 0.717) is 5.82 Å². The van der Waals surface area contributed by atoms with Crippen molar-refractivity contribution in [2.75, 3.05) is 31.5 Å². The van der Waals surface area contributed by atoms with Gasteiger partial charge in [-0.25, -0.2) is 18.5 Å². The van der Waals surface area contributed by atoms with Crippen molar-refractivity contribution in [2.45, 2.75) is 24.3 Å². The van der Waals surface area contributed by atoms with Crippen LogP contribution in [0.2, 0.25) is 0 Å². The SMILES string of the molecule is NS(=O)(=O)c1cccc(NCCCN2CCCC2)n1. The summed E-state index contributed by atoms with van der Waals surface area (Å²) in [5.41, 5.74) is 0. The molecule has 2 rings (SSSR count). The van der Waals surface area contributed by atoms with Gasteiger partial charge in [-0.2, -0.15) is 0 Å². The second-order valence-electron chi connectivity index (χ2n) is 4.74. The van der Waals surface area contributed by atoms with Crippen LogP contribution in [0, 0.1) is 0 Å². The van der Waals surface area contributed by atoms with E-state index in [1.165, 1.54) is 32.0 Å². The van der Waals surface area contributed by atoms with E-state index < -0.39 is 10.0 Å². The molecule has 1 saturated heterocycles. The molecule has 106 valence electrons. The summed E-state index contributed by atoms with van der Waals surface area (Å²) >= 11 is 0. The molecule has 2 heterocycles. The fourth-order valence-corrected chi connectivity index (χ4v) is 2.69. The standard InChI is InChI=1S/C12H20N4O2S/c13-19(17,18)12-6-3-5-11(15-12)14-7-4-10-16-8-1-2-9-16/h3,5-6H,1-2,4,7-10H2,(H,14,15)(H2,13,17,18). The third-order valence-electron chi connectivity index (χ3n) is 3.17. The topological polar surface area (TPSA) is 88.3 Å². The van der Waals surface area contributed by atoms with Crippen LogP contribution in [-0.2, 0) is 10.0 Å². The van der Waals surface area contributed by atoms with Gasteiger partial charge in [0.05, 0.1) is 0 Å². The Kier molecular flexibility index (Phi) is 4.73. The Hall–Kier alpha value is -1.18. The fourth-order valence-electron chi connectivity index (χ4n) is 2.20. The summed E-state index contributed by atoms with van der Waals surface area (Å²) in [6.45, 7) is 4.23. The first-order valence-corrected chi connectivity index (χ1v) is 8.06. The number of hydrogen-bond acceptors (Lipinski definition) is 5. The van der Waals surface area contributed by atoms with Crippen molar-refractivity contribution < 1.29 is 8.42 Å². The molecule has 3 N–H and O–H groups in total. The first kappa shape index (κ1) is 14.2. The van der Waals surface area contributed by atoms with Gasteiger partial charge in [0.1, 0.15) is 5.82 Å². The summed E-state index contributed by atoms with van der Waals surface area (Å²) in [4.78, 5) is 6.42. The van der Waals surface area contributed by atoms with Crippen LogP contribution in [0.1, 0.15) is 19.3 Å². The number of rotatable bonds is 6. The van der Waals surface area contributed by atoms with Crippen molar-refractivity contribution in [3.8, 4) is 0 Å². The molecule has 0 aromatic carbocycles. The number of hydrogen-bond donors (Lipinski definition) is 2. The van der Waals surface area contributed by atoms with E-state index in [1.54, 1.807) is 12.1 Å². The van der Waals surface area contributed by atoms with Gasteiger partial charge in [0.2, 0.25) is 0 Å². The highest BCUT2D eigenvalue weighted by molar-refractivity contribution is 7.89. The first-order valence-electron chi connectivity index (χ1n) is 6.52. The smallest absolute Gasteiger partial charge is 0.255 e. The van der Waals surface area contributed by atoms with Gasteiger partial charge in [-0.1, -0.05) is 6.07 Å². The number of nitrogens with two attached hydrogens (primary N) is 1. The molecule has 0 spiro atoms. The van der Waals surface area contributed by atoms with Gasteiger partial charge in [-0.05, 0) is 51.0 Å². The van der Waals surface area contributed by atoms with Crippen molar-refractivity contribution in [1.82, 2.24) is 9.88 Å². The molecule has 0 amide bonds. The number of nitrogens with zero attached hydrogens (tertiary/aromatic N) is 2. The minimum atomic E-state index is -3.73. The maximum absolute atomic E-state index is 11.2. The van der Waals surface area contributed by atoms with Gasteiger partial charge < -0.3 is 10.2 Å². The molecule has 1 aromatic rings. The number of anilines is 1. The van der Waals surface area contributed by atoms with Crippen molar-refractivity contribution in [1.29, 1.82) is 0 Å². The lowest BCUT2D eigenvalue weighted by Crippen LogP contribution is -2.22. The minimum absolute atomic E-state index is 0.1000. The van der Waals surface area contributed by atoms with Gasteiger partial charge in [-0.15, -0.1) is 0 Å². The monoisotopic (exact) mass is 284 g/mol. The summed E-state index contributed by atoms with van der Waals surface area (Å²) in [7, 11) is -3.73. The molecule has 1 aliphatic rings. The highest BCUT2D eigenvalue weighted by atomic mass is 32.2. The van der Waals surface area contributed by atoms with Crippen LogP contribution in [0.4, 0.5) is 5.82 Å². The van der Waals surface area contributed by atoms with Crippen molar-refractivity contribution >= 4 is 15.8 Å². The Labute approximate surface area is 114 Å². The number of aromatic nitrogens is 1. The van der Waals surface area contributed by atoms with Gasteiger partial charge in [-0.3, -0.25) is 0 Å². The summed E-state index contributed by atoms with van der Waals surface area (Å²) < 4.78 is 22.3. The van der Waals surface area contributed by atoms with Crippen LogP contribution in [-0.4, -0.2) is 44.5 Å². The molecular weight excluding hydrogens is 264 g/mol. The van der Waals surface area contributed by atoms with E-state index >= 15 is 0 Å². The van der Waals surface area contributed by atoms with Crippen LogP contribution in [0.3, 0.4) is 0 Å². The van der Waals surface area contributed by atoms with E-state index in [0.717, 1.165) is 19.5 Å². The van der Waals surface area contributed by atoms with Crippen LogP contribution >= 0.6 is 0 Å². The van der Waals surface area contributed by atoms with Crippen LogP contribution in [0.5, 0.6) is 0 Å². The third kappa shape index (κ3) is 4.45. The van der Waals surface area contributed by atoms with Gasteiger partial charge in [0, 0.05) is 6.54 Å². The number of primary sulfonamides is 1. The third-order valence-corrected chi connectivity index (χ3v) is 3.98. The van der Waals surface area contributed by atoms with Crippen LogP contribution < -0.4 is 10.5 Å². The number of likely N-dealkylation sites (tertiary alicyclic amines) is 1. The predicted molar refractivity (Wildman–Crippen MR) is 74.4 cm³/mol. The Morgan fingerprint density at radius 1 is 1.32 bits per heavy atom. The van der Waals surface area contributed by atoms with Crippen LogP contribution in [0.25, 0.3) is 0 Å². The van der Waals surface area contributed by atoms with Gasteiger partial charge >= 0.3 is 0 Å². The lowest BCUT2D eigenvalue weighted by atomic mass is 10.4. The summed E-state index contributed by atoms with van der Waals surface area (Å²) in [6.07, 6.45) is 3.61. The highest BCUT2D eigenvalue weighted by Gasteiger charge is 2.11. The van der Waals surface area contributed by atoms with Crippen molar-refractivity contribution in [3.05, 3.63) is 18.2 Å². The highest BCUT2D eigenvalue weighted by Crippen LogP contribution is 2.10. The van der Waals surface area contributed by atoms with Gasteiger partial charge in [0.15, 0.2) is 5.03 Å². The molecule has 1 aromatic heterocycles. The molecule has 7 heteroatoms. The molecule has 0 atom stereocenters. The van der Waals surface area contributed by atoms with Crippen molar-refractivity contribution in [3.63, 3.8) is 0 Å². The lowest BCUT2D eigenvalue weighted by Gasteiger charge is -2.14. The fraction of sp³-hybridized carbons (Fsp3) is 0.583. The van der Waals surface area contributed by atoms with Crippen LogP contribution in [0.15, 0.2) is 23.2 Å². The second-order valence-corrected chi connectivity index (χ2v) is 6.24. The Bertz CT molecular complexity index is 512. The maximum Gasteiger partial charge on any atom is 0.255 e. The van der Waals surface area contributed by atoms with E-state index in [2.05, 4.69) is 15.2 Å². The van der Waals surface area contributed by atoms with E-state index in [-0.39, 0.29) is 5.03 Å². The molecule has 19 heavy (non-hydrogen) atoms. The van der Waals surface area contributed by atoms with E-state index in [4.69, 9.17) is 5.14 Å². The zero-order chi connectivity index (χ0) is 13.7. The van der Waals surface area contributed by atoms with E-state index in [1.807, 2.05) is 0 Å². The Balaban J connectivity index is 1.79. The Morgan fingerprint density at radius 2 is 2.05 bits per heavy atom. The lowest BCUT2D eigenvalue weighted by molar-refractivity contribution is 0.337. The first-order chi connectivity index (χ1) is 9.05. The average molecular weight is 284 g/mol. The summed E-state index contributed by atoms with van der Waals surface area (Å²) in [5, 5.41) is 8.06. The molecule has 6 nitrogen and oxygen atoms in total. The minimum Gasteiger partial charge on any atom is -0.370 e. The molecule has 0 saturated carbocycles. The summed E-state index contributed by atoms with van der Waals surface area (Å²) in [6, 6.07) is 4.77. The average Bonchev–Trinajstić information content (AvgIpc) is 2.87. The van der Waals surface area contributed by atoms with Crippen molar-refractivity contribution in [2.24, 2.45) is 5.14 Å². The number of pyridine rings is 1. The predicted octanol–water partition coefficient (Wildman–Crippen LogP) is 0.627. The van der Waals surface area contributed by atoms with Gasteiger partial charge in [0.25, 0.3) is 10.0 Å². The quantitative estimate of drug-likeness (QED) is 0.748. The molecule has 1 aliphatic heterocycles. The zero-order valence-electron chi connectivity index (χ0n) is 10.9. The molecule has 0 radical (unpaired) electrons. The normalized spacial score (nSPS) is 16.7. The molecule has 0 unspecified atom stereocenters. The van der Waals surface area contributed by atoms with E-state index in [9.17, 15) is 8.42 Å². The molecular formula is C12H20N4O2S.